The van der Waals surface area contributed by atoms with Crippen LogP contribution >= 0.6 is 0 Å². The maximum atomic E-state index is 11.8. The molecule has 0 fully saturated rings. The topological polar surface area (TPSA) is 81.1 Å². The van der Waals surface area contributed by atoms with E-state index in [4.69, 9.17) is 11.5 Å². The fourth-order valence-corrected chi connectivity index (χ4v) is 1.07. The van der Waals surface area contributed by atoms with Crippen molar-refractivity contribution in [2.45, 2.75) is 46.2 Å². The van der Waals surface area contributed by atoms with Crippen LogP contribution in [0.25, 0.3) is 0 Å². The van der Waals surface area contributed by atoms with Gasteiger partial charge in [-0.05, 0) is 19.8 Å². The van der Waals surface area contributed by atoms with Crippen molar-refractivity contribution in [3.05, 3.63) is 0 Å². The minimum atomic E-state index is -0.347. The summed E-state index contributed by atoms with van der Waals surface area (Å²) in [5.74, 6) is 0.0907. The maximum absolute atomic E-state index is 11.8. The molecule has 0 aliphatic rings. The van der Waals surface area contributed by atoms with Crippen LogP contribution in [0.5, 0.6) is 0 Å². The van der Waals surface area contributed by atoms with Crippen LogP contribution in [-0.2, 0) is 4.79 Å². The lowest BCUT2D eigenvalue weighted by Crippen LogP contribution is -2.57. The predicted octanol–water partition coefficient (Wildman–Crippen LogP) is 0.459. The smallest absolute Gasteiger partial charge is 0.224 e. The number of nitrogens with two attached hydrogens (primary N) is 2. The molecule has 5 N–H and O–H groups in total. The molecule has 0 radical (unpaired) electrons. The summed E-state index contributed by atoms with van der Waals surface area (Å²) in [6.07, 6.45) is 0. The van der Waals surface area contributed by atoms with E-state index in [1.54, 1.807) is 0 Å². The minimum Gasteiger partial charge on any atom is -0.349 e. The summed E-state index contributed by atoms with van der Waals surface area (Å²) < 4.78 is 0. The van der Waals surface area contributed by atoms with Gasteiger partial charge in [0.15, 0.2) is 0 Å². The first-order chi connectivity index (χ1) is 6.74. The number of hydrogen-bond donors (Lipinski definition) is 3. The predicted molar refractivity (Wildman–Crippen MR) is 63.3 cm³/mol. The van der Waals surface area contributed by atoms with Crippen molar-refractivity contribution in [2.75, 3.05) is 6.54 Å². The molecule has 4 nitrogen and oxygen atoms in total. The van der Waals surface area contributed by atoms with E-state index < -0.39 is 0 Å². The van der Waals surface area contributed by atoms with Gasteiger partial charge in [0.25, 0.3) is 0 Å². The van der Waals surface area contributed by atoms with Crippen molar-refractivity contribution < 1.29 is 4.79 Å². The lowest BCUT2D eigenvalue weighted by molar-refractivity contribution is -0.127. The molecule has 0 aromatic heterocycles. The van der Waals surface area contributed by atoms with Gasteiger partial charge < -0.3 is 16.8 Å². The second kappa shape index (κ2) is 5.47. The summed E-state index contributed by atoms with van der Waals surface area (Å²) in [4.78, 5) is 11.8. The standard InChI is InChI=1S/C11H25N3O/c1-7(2)11(5,6-12)14-10(15)8(3)9(4)13/h7-9H,6,12-13H2,1-5H3,(H,14,15). The van der Waals surface area contributed by atoms with Gasteiger partial charge in [-0.25, -0.2) is 0 Å². The molecule has 0 spiro atoms. The van der Waals surface area contributed by atoms with Crippen LogP contribution in [0.3, 0.4) is 0 Å². The zero-order valence-electron chi connectivity index (χ0n) is 10.5. The molecule has 15 heavy (non-hydrogen) atoms. The fraction of sp³-hybridized carbons (Fsp3) is 0.909. The van der Waals surface area contributed by atoms with Crippen LogP contribution in [0.4, 0.5) is 0 Å². The number of carbonyl (C=O) groups excluding carboxylic acids is 1. The van der Waals surface area contributed by atoms with Crippen molar-refractivity contribution in [2.24, 2.45) is 23.3 Å². The van der Waals surface area contributed by atoms with E-state index in [0.29, 0.717) is 12.5 Å². The van der Waals surface area contributed by atoms with Gasteiger partial charge in [-0.1, -0.05) is 20.8 Å². The van der Waals surface area contributed by atoms with Gasteiger partial charge in [0.1, 0.15) is 0 Å². The molecule has 0 saturated heterocycles. The van der Waals surface area contributed by atoms with Gasteiger partial charge in [0.2, 0.25) is 5.91 Å². The molecule has 0 aliphatic heterocycles. The summed E-state index contributed by atoms with van der Waals surface area (Å²) in [5, 5.41) is 2.98. The van der Waals surface area contributed by atoms with Crippen LogP contribution in [0.2, 0.25) is 0 Å². The van der Waals surface area contributed by atoms with E-state index in [-0.39, 0.29) is 23.4 Å². The van der Waals surface area contributed by atoms with Crippen molar-refractivity contribution >= 4 is 5.91 Å². The van der Waals surface area contributed by atoms with Gasteiger partial charge in [0.05, 0.1) is 5.54 Å². The number of nitrogens with one attached hydrogen (secondary N) is 1. The Hall–Kier alpha value is -0.610. The Morgan fingerprint density at radius 1 is 1.33 bits per heavy atom. The second-order valence-corrected chi connectivity index (χ2v) is 4.91. The van der Waals surface area contributed by atoms with Gasteiger partial charge in [-0.2, -0.15) is 0 Å². The molecule has 0 saturated carbocycles. The van der Waals surface area contributed by atoms with E-state index in [9.17, 15) is 4.79 Å². The highest BCUT2D eigenvalue weighted by Crippen LogP contribution is 2.16. The summed E-state index contributed by atoms with van der Waals surface area (Å²) in [6, 6.07) is -0.140. The minimum absolute atomic E-state index is 0.0216. The Kier molecular flexibility index (Phi) is 5.24. The normalized spacial score (nSPS) is 19.5. The van der Waals surface area contributed by atoms with E-state index in [2.05, 4.69) is 5.32 Å². The monoisotopic (exact) mass is 215 g/mol. The molecular formula is C11H25N3O. The fourth-order valence-electron chi connectivity index (χ4n) is 1.07. The molecular weight excluding hydrogens is 190 g/mol. The first-order valence-electron chi connectivity index (χ1n) is 5.52. The number of rotatable bonds is 5. The quantitative estimate of drug-likeness (QED) is 0.623. The highest BCUT2D eigenvalue weighted by atomic mass is 16.2. The molecule has 0 rings (SSSR count). The number of amides is 1. The summed E-state index contributed by atoms with van der Waals surface area (Å²) in [7, 11) is 0. The van der Waals surface area contributed by atoms with E-state index in [0.717, 1.165) is 0 Å². The SMILES string of the molecule is CC(N)C(C)C(=O)NC(C)(CN)C(C)C. The zero-order chi connectivity index (χ0) is 12.2. The average Bonchev–Trinajstić information content (AvgIpc) is 2.15. The van der Waals surface area contributed by atoms with Crippen LogP contribution in [0, 0.1) is 11.8 Å². The maximum Gasteiger partial charge on any atom is 0.224 e. The molecule has 90 valence electrons. The Bertz CT molecular complexity index is 216. The molecule has 0 heterocycles. The zero-order valence-corrected chi connectivity index (χ0v) is 10.5. The van der Waals surface area contributed by atoms with Crippen molar-refractivity contribution in [3.8, 4) is 0 Å². The highest BCUT2D eigenvalue weighted by Gasteiger charge is 2.30. The molecule has 3 unspecified atom stereocenters. The lowest BCUT2D eigenvalue weighted by atomic mass is 9.87. The first kappa shape index (κ1) is 14.4. The summed E-state index contributed by atoms with van der Waals surface area (Å²) in [6.45, 7) is 10.1. The molecule has 0 aliphatic carbocycles. The lowest BCUT2D eigenvalue weighted by Gasteiger charge is -2.35. The highest BCUT2D eigenvalue weighted by molar-refractivity contribution is 5.79. The number of hydrogen-bond acceptors (Lipinski definition) is 3. The molecule has 0 bridgehead atoms. The van der Waals surface area contributed by atoms with Crippen LogP contribution in [0.15, 0.2) is 0 Å². The third-order valence-electron chi connectivity index (χ3n) is 3.31. The van der Waals surface area contributed by atoms with Gasteiger partial charge >= 0.3 is 0 Å². The average molecular weight is 215 g/mol. The van der Waals surface area contributed by atoms with E-state index in [1.807, 2.05) is 34.6 Å². The molecule has 0 aromatic rings. The van der Waals surface area contributed by atoms with Gasteiger partial charge in [0, 0.05) is 18.5 Å². The largest absolute Gasteiger partial charge is 0.349 e. The van der Waals surface area contributed by atoms with Gasteiger partial charge in [-0.3, -0.25) is 4.79 Å². The Morgan fingerprint density at radius 3 is 2.07 bits per heavy atom. The van der Waals surface area contributed by atoms with E-state index in [1.165, 1.54) is 0 Å². The summed E-state index contributed by atoms with van der Waals surface area (Å²) >= 11 is 0. The Morgan fingerprint density at radius 2 is 1.80 bits per heavy atom. The van der Waals surface area contributed by atoms with Crippen LogP contribution in [-0.4, -0.2) is 24.0 Å². The van der Waals surface area contributed by atoms with Crippen LogP contribution in [0.1, 0.15) is 34.6 Å². The third kappa shape index (κ3) is 3.80. The Balaban J connectivity index is 4.50. The molecule has 3 atom stereocenters. The van der Waals surface area contributed by atoms with Crippen molar-refractivity contribution in [1.29, 1.82) is 0 Å². The van der Waals surface area contributed by atoms with Crippen molar-refractivity contribution in [1.82, 2.24) is 5.32 Å². The second-order valence-electron chi connectivity index (χ2n) is 4.91. The molecule has 4 heteroatoms. The first-order valence-corrected chi connectivity index (χ1v) is 5.52. The van der Waals surface area contributed by atoms with Crippen molar-refractivity contribution in [3.63, 3.8) is 0 Å². The third-order valence-corrected chi connectivity index (χ3v) is 3.31. The van der Waals surface area contributed by atoms with E-state index >= 15 is 0 Å². The molecule has 0 aromatic carbocycles. The molecule has 1 amide bonds. The Labute approximate surface area is 92.8 Å². The van der Waals surface area contributed by atoms with Gasteiger partial charge in [-0.15, -0.1) is 0 Å². The number of carbonyl (C=O) groups is 1. The summed E-state index contributed by atoms with van der Waals surface area (Å²) in [5.41, 5.74) is 11.0. The van der Waals surface area contributed by atoms with Crippen LogP contribution < -0.4 is 16.8 Å².